The van der Waals surface area contributed by atoms with Gasteiger partial charge in [-0.2, -0.15) is 0 Å². The van der Waals surface area contributed by atoms with Gasteiger partial charge < -0.3 is 25.0 Å². The molecule has 1 fully saturated rings. The lowest BCUT2D eigenvalue weighted by molar-refractivity contribution is 0.394. The fourth-order valence-electron chi connectivity index (χ4n) is 3.49. The molecule has 0 radical (unpaired) electrons. The van der Waals surface area contributed by atoms with E-state index in [1.54, 1.807) is 25.6 Å². The standard InChI is InChI=1S/C23H35N5O2S/c1-7-24-22(25-13-17-15-31-21(26-17)23(2,3)4)27-16-8-9-28(14-16)18-10-19(29-5)12-20(11-18)30-6/h10-12,15-16H,7-9,13-14H2,1-6H3,(H2,24,25,27). The summed E-state index contributed by atoms with van der Waals surface area (Å²) in [5.74, 6) is 2.44. The molecule has 2 aromatic rings. The number of nitrogens with zero attached hydrogens (tertiary/aromatic N) is 3. The summed E-state index contributed by atoms with van der Waals surface area (Å²) in [6.45, 7) is 11.9. The molecule has 31 heavy (non-hydrogen) atoms. The molecule has 7 nitrogen and oxygen atoms in total. The Morgan fingerprint density at radius 2 is 1.94 bits per heavy atom. The number of rotatable bonds is 7. The molecule has 0 spiro atoms. The Kier molecular flexibility index (Phi) is 7.64. The molecule has 1 aliphatic rings. The average Bonchev–Trinajstić information content (AvgIpc) is 3.41. The number of thiazole rings is 1. The summed E-state index contributed by atoms with van der Waals surface area (Å²) in [4.78, 5) is 11.9. The van der Waals surface area contributed by atoms with Crippen LogP contribution in [0.15, 0.2) is 28.6 Å². The number of hydrogen-bond acceptors (Lipinski definition) is 6. The van der Waals surface area contributed by atoms with Crippen LogP contribution in [0.1, 0.15) is 44.8 Å². The van der Waals surface area contributed by atoms with Crippen molar-refractivity contribution in [2.45, 2.75) is 52.1 Å². The van der Waals surface area contributed by atoms with E-state index in [1.165, 1.54) is 0 Å². The first-order valence-corrected chi connectivity index (χ1v) is 11.7. The van der Waals surface area contributed by atoms with E-state index in [-0.39, 0.29) is 5.41 Å². The average molecular weight is 446 g/mol. The first kappa shape index (κ1) is 23.2. The van der Waals surface area contributed by atoms with Gasteiger partial charge in [0.25, 0.3) is 0 Å². The summed E-state index contributed by atoms with van der Waals surface area (Å²) in [5, 5.41) is 10.2. The number of anilines is 1. The molecular formula is C23H35N5O2S. The number of hydrogen-bond donors (Lipinski definition) is 2. The molecule has 0 saturated carbocycles. The predicted molar refractivity (Wildman–Crippen MR) is 129 cm³/mol. The topological polar surface area (TPSA) is 71.0 Å². The van der Waals surface area contributed by atoms with Gasteiger partial charge in [0.05, 0.1) is 31.5 Å². The third kappa shape index (κ3) is 6.26. The Hall–Kier alpha value is -2.48. The quantitative estimate of drug-likeness (QED) is 0.499. The fourth-order valence-corrected chi connectivity index (χ4v) is 4.38. The molecule has 0 aliphatic carbocycles. The van der Waals surface area contributed by atoms with Crippen molar-refractivity contribution in [2.75, 3.05) is 38.8 Å². The van der Waals surface area contributed by atoms with Crippen LogP contribution in [-0.2, 0) is 12.0 Å². The van der Waals surface area contributed by atoms with Gasteiger partial charge in [-0.15, -0.1) is 11.3 Å². The summed E-state index contributed by atoms with van der Waals surface area (Å²) in [5.41, 5.74) is 2.20. The lowest BCUT2D eigenvalue weighted by Gasteiger charge is -2.21. The van der Waals surface area contributed by atoms with Gasteiger partial charge in [0.2, 0.25) is 0 Å². The van der Waals surface area contributed by atoms with Crippen LogP contribution in [0.25, 0.3) is 0 Å². The zero-order valence-corrected chi connectivity index (χ0v) is 20.3. The summed E-state index contributed by atoms with van der Waals surface area (Å²) in [7, 11) is 3.36. The van der Waals surface area contributed by atoms with Gasteiger partial charge in [0.15, 0.2) is 5.96 Å². The van der Waals surface area contributed by atoms with Gasteiger partial charge in [-0.3, -0.25) is 0 Å². The zero-order chi connectivity index (χ0) is 22.4. The van der Waals surface area contributed by atoms with Crippen molar-refractivity contribution in [3.8, 4) is 11.5 Å². The number of ether oxygens (including phenoxy) is 2. The highest BCUT2D eigenvalue weighted by atomic mass is 32.1. The predicted octanol–water partition coefficient (Wildman–Crippen LogP) is 3.79. The minimum absolute atomic E-state index is 0.0749. The van der Waals surface area contributed by atoms with Crippen molar-refractivity contribution in [3.05, 3.63) is 34.3 Å². The molecule has 8 heteroatoms. The van der Waals surface area contributed by atoms with Crippen molar-refractivity contribution < 1.29 is 9.47 Å². The summed E-state index contributed by atoms with van der Waals surface area (Å²) in [6.07, 6.45) is 1.04. The minimum Gasteiger partial charge on any atom is -0.497 e. The summed E-state index contributed by atoms with van der Waals surface area (Å²) in [6, 6.07) is 6.32. The smallest absolute Gasteiger partial charge is 0.191 e. The first-order valence-electron chi connectivity index (χ1n) is 10.8. The van der Waals surface area contributed by atoms with Crippen molar-refractivity contribution >= 4 is 23.0 Å². The van der Waals surface area contributed by atoms with Crippen LogP contribution >= 0.6 is 11.3 Å². The van der Waals surface area contributed by atoms with Crippen molar-refractivity contribution in [1.82, 2.24) is 15.6 Å². The Morgan fingerprint density at radius 1 is 1.23 bits per heavy atom. The van der Waals surface area contributed by atoms with E-state index >= 15 is 0 Å². The lowest BCUT2D eigenvalue weighted by atomic mass is 9.98. The second-order valence-electron chi connectivity index (χ2n) is 8.74. The Labute approximate surface area is 189 Å². The lowest BCUT2D eigenvalue weighted by Crippen LogP contribution is -2.44. The molecule has 1 aromatic heterocycles. The number of methoxy groups -OCH3 is 2. The van der Waals surface area contributed by atoms with Crippen LogP contribution in [0.4, 0.5) is 5.69 Å². The number of aliphatic imine (C=N–C) groups is 1. The first-order chi connectivity index (χ1) is 14.8. The maximum atomic E-state index is 5.42. The van der Waals surface area contributed by atoms with Crippen molar-refractivity contribution in [3.63, 3.8) is 0 Å². The van der Waals surface area contributed by atoms with E-state index in [1.807, 2.05) is 6.07 Å². The molecule has 3 rings (SSSR count). The number of nitrogens with one attached hydrogen (secondary N) is 2. The highest BCUT2D eigenvalue weighted by molar-refractivity contribution is 7.09. The van der Waals surface area contributed by atoms with Crippen molar-refractivity contribution in [1.29, 1.82) is 0 Å². The van der Waals surface area contributed by atoms with E-state index in [0.717, 1.165) is 59.9 Å². The molecular weight excluding hydrogens is 410 g/mol. The monoisotopic (exact) mass is 445 g/mol. The maximum absolute atomic E-state index is 5.42. The van der Waals surface area contributed by atoms with E-state index in [4.69, 9.17) is 19.5 Å². The molecule has 2 heterocycles. The van der Waals surface area contributed by atoms with E-state index in [9.17, 15) is 0 Å². The zero-order valence-electron chi connectivity index (χ0n) is 19.5. The number of guanidine groups is 1. The Balaban J connectivity index is 1.63. The molecule has 2 N–H and O–H groups in total. The Morgan fingerprint density at radius 3 is 2.52 bits per heavy atom. The van der Waals surface area contributed by atoms with E-state index in [0.29, 0.717) is 12.6 Å². The second kappa shape index (κ2) is 10.2. The normalized spacial score (nSPS) is 17.0. The molecule has 170 valence electrons. The van der Waals surface area contributed by atoms with E-state index < -0.39 is 0 Å². The van der Waals surface area contributed by atoms with Gasteiger partial charge >= 0.3 is 0 Å². The highest BCUT2D eigenvalue weighted by Crippen LogP contribution is 2.30. The van der Waals surface area contributed by atoms with Gasteiger partial charge in [-0.1, -0.05) is 20.8 Å². The maximum Gasteiger partial charge on any atom is 0.191 e. The van der Waals surface area contributed by atoms with Crippen LogP contribution < -0.4 is 25.0 Å². The van der Waals surface area contributed by atoms with Crippen LogP contribution in [-0.4, -0.2) is 50.8 Å². The van der Waals surface area contributed by atoms with Crippen LogP contribution in [0.2, 0.25) is 0 Å². The van der Waals surface area contributed by atoms with Crippen molar-refractivity contribution in [2.24, 2.45) is 4.99 Å². The molecule has 0 bridgehead atoms. The number of aromatic nitrogens is 1. The summed E-state index contributed by atoms with van der Waals surface area (Å²) >= 11 is 1.71. The molecule has 0 amide bonds. The van der Waals surface area contributed by atoms with E-state index in [2.05, 4.69) is 60.7 Å². The molecule has 1 atom stereocenters. The van der Waals surface area contributed by atoms with Gasteiger partial charge in [-0.05, 0) is 13.3 Å². The minimum atomic E-state index is 0.0749. The second-order valence-corrected chi connectivity index (χ2v) is 9.59. The summed E-state index contributed by atoms with van der Waals surface area (Å²) < 4.78 is 10.8. The third-order valence-corrected chi connectivity index (χ3v) is 6.48. The molecule has 1 aliphatic heterocycles. The largest absolute Gasteiger partial charge is 0.497 e. The van der Waals surface area contributed by atoms with Crippen LogP contribution in [0, 0.1) is 0 Å². The Bertz CT molecular complexity index is 868. The van der Waals surface area contributed by atoms with Crippen LogP contribution in [0.5, 0.6) is 11.5 Å². The molecule has 1 unspecified atom stereocenters. The van der Waals surface area contributed by atoms with Gasteiger partial charge in [0, 0.05) is 60.4 Å². The molecule has 1 aromatic carbocycles. The SMILES string of the molecule is CCNC(=NCc1csc(C(C)(C)C)n1)NC1CCN(c2cc(OC)cc(OC)c2)C1. The fraction of sp³-hybridized carbons (Fsp3) is 0.565. The highest BCUT2D eigenvalue weighted by Gasteiger charge is 2.24. The van der Waals surface area contributed by atoms with Gasteiger partial charge in [0.1, 0.15) is 11.5 Å². The number of benzene rings is 1. The molecule has 1 saturated heterocycles. The van der Waals surface area contributed by atoms with Crippen LogP contribution in [0.3, 0.4) is 0 Å². The van der Waals surface area contributed by atoms with Gasteiger partial charge in [-0.25, -0.2) is 9.98 Å². The third-order valence-electron chi connectivity index (χ3n) is 5.17.